The van der Waals surface area contributed by atoms with Gasteiger partial charge in [0.25, 0.3) is 11.9 Å². The molecule has 0 aromatic heterocycles. The fraction of sp³-hybridized carbons (Fsp3) is 0.889. The Kier molecular flexibility index (Phi) is 15.7. The fourth-order valence-electron chi connectivity index (χ4n) is 2.83. The van der Waals surface area contributed by atoms with E-state index in [0.29, 0.717) is 24.7 Å². The number of aliphatic carboxylic acids is 2. The number of aliphatic hydroxyl groups is 2. The third-order valence-corrected chi connectivity index (χ3v) is 3.93. The molecule has 25 heavy (non-hydrogen) atoms. The predicted molar refractivity (Wildman–Crippen MR) is 97.3 cm³/mol. The smallest absolute Gasteiger partial charge is 0.300 e. The zero-order chi connectivity index (χ0) is 20.0. The van der Waals surface area contributed by atoms with Crippen LogP contribution in [0.2, 0.25) is 0 Å². The summed E-state index contributed by atoms with van der Waals surface area (Å²) >= 11 is 0. The highest BCUT2D eigenvalue weighted by Gasteiger charge is 2.26. The first-order valence-corrected chi connectivity index (χ1v) is 8.98. The molecule has 0 heterocycles. The van der Waals surface area contributed by atoms with E-state index in [4.69, 9.17) is 25.5 Å². The summed E-state index contributed by atoms with van der Waals surface area (Å²) in [4.78, 5) is 18.0. The summed E-state index contributed by atoms with van der Waals surface area (Å²) in [6.07, 6.45) is 6.15. The summed E-state index contributed by atoms with van der Waals surface area (Å²) in [5.41, 5.74) is 6.15. The maximum Gasteiger partial charge on any atom is 0.300 e. The second kappa shape index (κ2) is 15.1. The summed E-state index contributed by atoms with van der Waals surface area (Å²) in [6.45, 7) is 6.27. The average Bonchev–Trinajstić information content (AvgIpc) is 2.46. The zero-order valence-corrected chi connectivity index (χ0v) is 16.0. The molecule has 3 atom stereocenters. The monoisotopic (exact) mass is 363 g/mol. The van der Waals surface area contributed by atoms with Crippen molar-refractivity contribution in [2.45, 2.75) is 90.9 Å². The number of hydrogen-bond acceptors (Lipinski definition) is 5. The highest BCUT2D eigenvalue weighted by Crippen LogP contribution is 2.27. The molecular weight excluding hydrogens is 326 g/mol. The molecule has 0 bridgehead atoms. The standard InChI is InChI=1S/C14H29NO2.2C2H4O2/c1-10(2)8-13(16)14(17)9-12(15)11-6-4-3-5-7-11;2*1-2(3)4/h10-14,16-17H,3-9,15H2,1-2H3;2*1H3,(H,3,4)/t12?,13-,14+;;/m0../s1. The van der Waals surface area contributed by atoms with Crippen LogP contribution < -0.4 is 5.73 Å². The van der Waals surface area contributed by atoms with Crippen LogP contribution in [0.4, 0.5) is 0 Å². The average molecular weight is 363 g/mol. The zero-order valence-electron chi connectivity index (χ0n) is 16.0. The number of aliphatic hydroxyl groups excluding tert-OH is 2. The minimum Gasteiger partial charge on any atom is -0.481 e. The van der Waals surface area contributed by atoms with Gasteiger partial charge in [0.1, 0.15) is 0 Å². The molecule has 0 saturated heterocycles. The van der Waals surface area contributed by atoms with Crippen molar-refractivity contribution in [3.8, 4) is 0 Å². The molecule has 1 unspecified atom stereocenters. The van der Waals surface area contributed by atoms with Crippen molar-refractivity contribution in [3.05, 3.63) is 0 Å². The molecule has 1 aliphatic rings. The number of carbonyl (C=O) groups is 2. The van der Waals surface area contributed by atoms with E-state index in [1.54, 1.807) is 0 Å². The molecule has 1 aliphatic carbocycles. The molecule has 6 N–H and O–H groups in total. The first kappa shape index (κ1) is 26.1. The van der Waals surface area contributed by atoms with E-state index in [0.717, 1.165) is 13.8 Å². The lowest BCUT2D eigenvalue weighted by atomic mass is 9.81. The Bertz CT molecular complexity index is 335. The van der Waals surface area contributed by atoms with Crippen LogP contribution >= 0.6 is 0 Å². The van der Waals surface area contributed by atoms with Crippen molar-refractivity contribution < 1.29 is 30.0 Å². The Morgan fingerprint density at radius 2 is 1.28 bits per heavy atom. The van der Waals surface area contributed by atoms with Gasteiger partial charge in [0, 0.05) is 19.9 Å². The van der Waals surface area contributed by atoms with Crippen molar-refractivity contribution in [2.75, 3.05) is 0 Å². The maximum atomic E-state index is 9.94. The van der Waals surface area contributed by atoms with Crippen LogP contribution in [-0.2, 0) is 9.59 Å². The van der Waals surface area contributed by atoms with Crippen LogP contribution in [0.15, 0.2) is 0 Å². The Morgan fingerprint density at radius 1 is 0.920 bits per heavy atom. The van der Waals surface area contributed by atoms with Gasteiger partial charge in [-0.2, -0.15) is 0 Å². The molecular formula is C18H37NO6. The van der Waals surface area contributed by atoms with Crippen LogP contribution in [0, 0.1) is 11.8 Å². The van der Waals surface area contributed by atoms with Crippen molar-refractivity contribution in [3.63, 3.8) is 0 Å². The molecule has 7 nitrogen and oxygen atoms in total. The lowest BCUT2D eigenvalue weighted by Gasteiger charge is -2.30. The molecule has 0 aromatic carbocycles. The number of carboxylic acid groups (broad SMARTS) is 2. The Hall–Kier alpha value is -1.18. The molecule has 0 amide bonds. The van der Waals surface area contributed by atoms with E-state index >= 15 is 0 Å². The molecule has 0 spiro atoms. The second-order valence-electron chi connectivity index (χ2n) is 7.10. The molecule has 150 valence electrons. The topological polar surface area (TPSA) is 141 Å². The van der Waals surface area contributed by atoms with Crippen LogP contribution in [0.3, 0.4) is 0 Å². The molecule has 1 rings (SSSR count). The quantitative estimate of drug-likeness (QED) is 0.487. The summed E-state index contributed by atoms with van der Waals surface area (Å²) in [5.74, 6) is -0.713. The van der Waals surface area contributed by atoms with Gasteiger partial charge in [0.2, 0.25) is 0 Å². The highest BCUT2D eigenvalue weighted by molar-refractivity contribution is 5.63. The van der Waals surface area contributed by atoms with Gasteiger partial charge in [-0.25, -0.2) is 0 Å². The summed E-state index contributed by atoms with van der Waals surface area (Å²) in [7, 11) is 0. The predicted octanol–water partition coefficient (Wildman–Crippen LogP) is 2.23. The molecule has 0 radical (unpaired) electrons. The molecule has 0 aliphatic heterocycles. The van der Waals surface area contributed by atoms with Crippen LogP contribution in [0.1, 0.15) is 72.6 Å². The van der Waals surface area contributed by atoms with Gasteiger partial charge in [0.05, 0.1) is 12.2 Å². The van der Waals surface area contributed by atoms with Gasteiger partial charge in [-0.15, -0.1) is 0 Å². The number of rotatable bonds is 6. The lowest BCUT2D eigenvalue weighted by Crippen LogP contribution is -2.39. The maximum absolute atomic E-state index is 9.94. The summed E-state index contributed by atoms with van der Waals surface area (Å²) in [5, 5.41) is 34.6. The van der Waals surface area contributed by atoms with Crippen LogP contribution in [0.5, 0.6) is 0 Å². The van der Waals surface area contributed by atoms with E-state index in [1.165, 1.54) is 32.1 Å². The van der Waals surface area contributed by atoms with Gasteiger partial charge >= 0.3 is 0 Å². The first-order valence-electron chi connectivity index (χ1n) is 8.98. The highest BCUT2D eigenvalue weighted by atomic mass is 16.4. The molecule has 7 heteroatoms. The first-order chi connectivity index (χ1) is 11.5. The number of hydrogen-bond donors (Lipinski definition) is 5. The van der Waals surface area contributed by atoms with Crippen molar-refractivity contribution >= 4 is 11.9 Å². The summed E-state index contributed by atoms with van der Waals surface area (Å²) in [6, 6.07) is 0.0483. The van der Waals surface area contributed by atoms with Gasteiger partial charge < -0.3 is 26.2 Å². The van der Waals surface area contributed by atoms with E-state index in [2.05, 4.69) is 13.8 Å². The third kappa shape index (κ3) is 19.0. The largest absolute Gasteiger partial charge is 0.481 e. The summed E-state index contributed by atoms with van der Waals surface area (Å²) < 4.78 is 0. The van der Waals surface area contributed by atoms with Crippen molar-refractivity contribution in [1.82, 2.24) is 0 Å². The minimum atomic E-state index is -0.833. The number of carboxylic acids is 2. The van der Waals surface area contributed by atoms with Crippen molar-refractivity contribution in [1.29, 1.82) is 0 Å². The third-order valence-electron chi connectivity index (χ3n) is 3.93. The number of nitrogens with two attached hydrogens (primary N) is 1. The van der Waals surface area contributed by atoms with E-state index < -0.39 is 24.1 Å². The fourth-order valence-corrected chi connectivity index (χ4v) is 2.83. The van der Waals surface area contributed by atoms with Crippen LogP contribution in [0.25, 0.3) is 0 Å². The van der Waals surface area contributed by atoms with E-state index in [-0.39, 0.29) is 6.04 Å². The molecule has 0 aromatic rings. The van der Waals surface area contributed by atoms with E-state index in [9.17, 15) is 10.2 Å². The van der Waals surface area contributed by atoms with Gasteiger partial charge in [0.15, 0.2) is 0 Å². The normalized spacial score (nSPS) is 18.1. The van der Waals surface area contributed by atoms with E-state index in [1.807, 2.05) is 0 Å². The minimum absolute atomic E-state index is 0.0483. The Balaban J connectivity index is 0. The van der Waals surface area contributed by atoms with Crippen LogP contribution in [-0.4, -0.2) is 50.6 Å². The second-order valence-corrected chi connectivity index (χ2v) is 7.10. The van der Waals surface area contributed by atoms with Gasteiger partial charge in [-0.3, -0.25) is 9.59 Å². The van der Waals surface area contributed by atoms with Crippen molar-refractivity contribution in [2.24, 2.45) is 17.6 Å². The van der Waals surface area contributed by atoms with Gasteiger partial charge in [-0.05, 0) is 37.5 Å². The lowest BCUT2D eigenvalue weighted by molar-refractivity contribution is -0.135. The molecule has 1 fully saturated rings. The molecule has 1 saturated carbocycles. The Labute approximate surface area is 151 Å². The Morgan fingerprint density at radius 3 is 1.64 bits per heavy atom. The SMILES string of the molecule is CC(=O)O.CC(=O)O.CC(C)C[C@H](O)[C@H](O)CC(N)C1CCCCC1. The van der Waals surface area contributed by atoms with Gasteiger partial charge in [-0.1, -0.05) is 33.1 Å².